The summed E-state index contributed by atoms with van der Waals surface area (Å²) in [6.07, 6.45) is -6.62. The average molecular weight is 428 g/mol. The summed E-state index contributed by atoms with van der Waals surface area (Å²) in [5.74, 6) is -6.55. The summed E-state index contributed by atoms with van der Waals surface area (Å²) in [7, 11) is -5.92. The number of rotatable bonds is 6. The fraction of sp³-hybridized carbons (Fsp3) is 0.294. The quantitative estimate of drug-likeness (QED) is 0.392. The summed E-state index contributed by atoms with van der Waals surface area (Å²) >= 11 is 0. The normalized spacial score (nSPS) is 13.3. The monoisotopic (exact) mass is 428 g/mol. The van der Waals surface area contributed by atoms with Crippen LogP contribution in [0.3, 0.4) is 0 Å². The van der Waals surface area contributed by atoms with Crippen LogP contribution >= 0.6 is 7.44 Å². The Labute approximate surface area is 156 Å². The number of hydrogen-bond acceptors (Lipinski definition) is 1. The van der Waals surface area contributed by atoms with E-state index in [4.69, 9.17) is 0 Å². The number of alkyl halides is 7. The molecule has 2 aromatic rings. The second kappa shape index (κ2) is 7.31. The molecule has 0 aliphatic carbocycles. The number of aryl methyl sites for hydroxylation is 2. The molecule has 3 nitrogen and oxygen atoms in total. The maximum absolute atomic E-state index is 14.4. The first kappa shape index (κ1) is 22.1. The van der Waals surface area contributed by atoms with E-state index < -0.39 is 25.2 Å². The molecule has 0 radical (unpaired) electrons. The molecule has 2 rings (SSSR count). The third-order valence-electron chi connectivity index (χ3n) is 3.81. The van der Waals surface area contributed by atoms with Crippen LogP contribution in [0, 0.1) is 13.8 Å². The van der Waals surface area contributed by atoms with Crippen molar-refractivity contribution in [2.75, 3.05) is 10.2 Å². The van der Waals surface area contributed by atoms with Gasteiger partial charge in [-0.05, 0) is 38.1 Å². The van der Waals surface area contributed by atoms with Crippen molar-refractivity contribution in [3.63, 3.8) is 0 Å². The summed E-state index contributed by atoms with van der Waals surface area (Å²) < 4.78 is 107. The van der Waals surface area contributed by atoms with Crippen molar-refractivity contribution in [3.8, 4) is 0 Å². The van der Waals surface area contributed by atoms with Crippen LogP contribution in [0.1, 0.15) is 11.1 Å². The van der Waals surface area contributed by atoms with Crippen molar-refractivity contribution in [3.05, 3.63) is 59.7 Å². The highest BCUT2D eigenvalue weighted by Crippen LogP contribution is 2.67. The van der Waals surface area contributed by atoms with Crippen LogP contribution < -0.4 is 10.2 Å². The van der Waals surface area contributed by atoms with Crippen molar-refractivity contribution in [2.45, 2.75) is 31.6 Å². The van der Waals surface area contributed by atoms with Gasteiger partial charge in [0.25, 0.3) is 0 Å². The van der Waals surface area contributed by atoms with Crippen LogP contribution in [0.25, 0.3) is 0 Å². The molecule has 0 fully saturated rings. The molecular formula is C17H16F7N2OP. The van der Waals surface area contributed by atoms with Gasteiger partial charge in [0.2, 0.25) is 0 Å². The second-order valence-corrected chi connectivity index (χ2v) is 8.41. The predicted octanol–water partition coefficient (Wildman–Crippen LogP) is 6.81. The van der Waals surface area contributed by atoms with Gasteiger partial charge >= 0.3 is 25.2 Å². The molecule has 0 atom stereocenters. The Morgan fingerprint density at radius 1 is 0.679 bits per heavy atom. The first-order valence-corrected chi connectivity index (χ1v) is 9.53. The Balaban J connectivity index is 2.55. The van der Waals surface area contributed by atoms with Crippen LogP contribution in [-0.4, -0.2) is 17.8 Å². The fourth-order valence-corrected chi connectivity index (χ4v) is 4.04. The maximum Gasteiger partial charge on any atom is 0.460 e. The van der Waals surface area contributed by atoms with Crippen LogP contribution in [0.5, 0.6) is 0 Å². The molecule has 0 heterocycles. The fourth-order valence-electron chi connectivity index (χ4n) is 2.16. The van der Waals surface area contributed by atoms with Crippen LogP contribution in [0.15, 0.2) is 48.5 Å². The number of hydrogen-bond donors (Lipinski definition) is 2. The third-order valence-corrected chi connectivity index (χ3v) is 6.02. The first-order valence-electron chi connectivity index (χ1n) is 7.82. The molecule has 0 aliphatic rings. The standard InChI is InChI=1S/C17H16F7N2OP/c1-11-3-7-13(8-4-11)25-28(27,26-14-9-5-12(2)6-10-14)17(23,24)15(18,19)16(20,21)22/h3-10H,1-2H3,(H2,25,26,27). The largest absolute Gasteiger partial charge is 0.460 e. The molecule has 2 aromatic carbocycles. The lowest BCUT2D eigenvalue weighted by molar-refractivity contribution is -0.332. The molecule has 154 valence electrons. The van der Waals surface area contributed by atoms with E-state index in [1.54, 1.807) is 24.0 Å². The molecule has 28 heavy (non-hydrogen) atoms. The van der Waals surface area contributed by atoms with E-state index in [2.05, 4.69) is 0 Å². The van der Waals surface area contributed by atoms with Crippen molar-refractivity contribution >= 4 is 18.8 Å². The first-order chi connectivity index (χ1) is 12.7. The molecule has 0 unspecified atom stereocenters. The SMILES string of the molecule is Cc1ccc(NP(=O)(Nc2ccc(C)cc2)C(F)(F)C(F)(F)C(F)(F)F)cc1. The minimum atomic E-state index is -6.62. The number of benzene rings is 2. The van der Waals surface area contributed by atoms with Crippen molar-refractivity contribution in [2.24, 2.45) is 0 Å². The predicted molar refractivity (Wildman–Crippen MR) is 93.2 cm³/mol. The zero-order chi connectivity index (χ0) is 21.4. The van der Waals surface area contributed by atoms with Gasteiger partial charge in [0.15, 0.2) is 0 Å². The topological polar surface area (TPSA) is 41.1 Å². The highest BCUT2D eigenvalue weighted by atomic mass is 31.2. The Morgan fingerprint density at radius 3 is 1.29 bits per heavy atom. The van der Waals surface area contributed by atoms with E-state index >= 15 is 0 Å². The molecule has 2 N–H and O–H groups in total. The van der Waals surface area contributed by atoms with E-state index in [1.165, 1.54) is 24.3 Å². The lowest BCUT2D eigenvalue weighted by atomic mass is 10.2. The van der Waals surface area contributed by atoms with Gasteiger partial charge in [0.1, 0.15) is 0 Å². The molecule has 0 aliphatic heterocycles. The van der Waals surface area contributed by atoms with Gasteiger partial charge in [-0.1, -0.05) is 35.4 Å². The van der Waals surface area contributed by atoms with E-state index in [9.17, 15) is 35.3 Å². The van der Waals surface area contributed by atoms with Crippen molar-refractivity contribution < 1.29 is 35.3 Å². The van der Waals surface area contributed by atoms with Crippen LogP contribution in [-0.2, 0) is 4.57 Å². The molecule has 0 spiro atoms. The molecular weight excluding hydrogens is 412 g/mol. The van der Waals surface area contributed by atoms with E-state index in [0.717, 1.165) is 24.3 Å². The maximum atomic E-state index is 14.4. The Bertz CT molecular complexity index is 813. The third kappa shape index (κ3) is 4.11. The number of nitrogens with one attached hydrogen (secondary N) is 2. The second-order valence-electron chi connectivity index (χ2n) is 6.18. The lowest BCUT2D eigenvalue weighted by Crippen LogP contribution is -2.53. The Hall–Kier alpha value is -2.22. The number of anilines is 2. The summed E-state index contributed by atoms with van der Waals surface area (Å²) in [6, 6.07) is 10.1. The van der Waals surface area contributed by atoms with E-state index in [-0.39, 0.29) is 11.4 Å². The van der Waals surface area contributed by atoms with Gasteiger partial charge in [-0.15, -0.1) is 0 Å². The van der Waals surface area contributed by atoms with E-state index in [1.807, 2.05) is 0 Å². The van der Waals surface area contributed by atoms with Gasteiger partial charge < -0.3 is 10.2 Å². The molecule has 0 amide bonds. The summed E-state index contributed by atoms with van der Waals surface area (Å²) in [5.41, 5.74) is -5.29. The minimum Gasteiger partial charge on any atom is -0.316 e. The molecule has 0 bridgehead atoms. The van der Waals surface area contributed by atoms with Gasteiger partial charge in [-0.3, -0.25) is 4.57 Å². The van der Waals surface area contributed by atoms with Gasteiger partial charge in [-0.25, -0.2) is 0 Å². The molecule has 0 aromatic heterocycles. The zero-order valence-electron chi connectivity index (χ0n) is 14.6. The summed E-state index contributed by atoms with van der Waals surface area (Å²) in [4.78, 5) is 0. The minimum absolute atomic E-state index is 0.314. The van der Waals surface area contributed by atoms with Gasteiger partial charge in [0.05, 0.1) is 0 Å². The van der Waals surface area contributed by atoms with Crippen molar-refractivity contribution in [1.29, 1.82) is 0 Å². The molecule has 0 saturated heterocycles. The van der Waals surface area contributed by atoms with Crippen LogP contribution in [0.2, 0.25) is 0 Å². The van der Waals surface area contributed by atoms with Crippen LogP contribution in [0.4, 0.5) is 42.1 Å². The van der Waals surface area contributed by atoms with Gasteiger partial charge in [0, 0.05) is 11.4 Å². The smallest absolute Gasteiger partial charge is 0.316 e. The number of halogens is 7. The Morgan fingerprint density at radius 2 is 1.00 bits per heavy atom. The zero-order valence-corrected chi connectivity index (χ0v) is 15.5. The Kier molecular flexibility index (Phi) is 5.76. The molecule has 11 heteroatoms. The van der Waals surface area contributed by atoms with Crippen molar-refractivity contribution in [1.82, 2.24) is 0 Å². The summed E-state index contributed by atoms with van der Waals surface area (Å²) in [6.45, 7) is 3.28. The highest BCUT2D eigenvalue weighted by molar-refractivity contribution is 7.68. The average Bonchev–Trinajstić information content (AvgIpc) is 2.58. The summed E-state index contributed by atoms with van der Waals surface area (Å²) in [5, 5.41) is 3.36. The highest BCUT2D eigenvalue weighted by Gasteiger charge is 2.80. The lowest BCUT2D eigenvalue weighted by Gasteiger charge is -2.35. The molecule has 0 saturated carbocycles. The van der Waals surface area contributed by atoms with E-state index in [0.29, 0.717) is 11.1 Å². The van der Waals surface area contributed by atoms with Gasteiger partial charge in [-0.2, -0.15) is 30.7 Å².